The number of hydrogen-bond donors (Lipinski definition) is 0. The van der Waals surface area contributed by atoms with Crippen LogP contribution >= 0.6 is 0 Å². The van der Waals surface area contributed by atoms with Crippen molar-refractivity contribution in [3.63, 3.8) is 0 Å². The van der Waals surface area contributed by atoms with E-state index in [1.165, 1.54) is 64.2 Å². The van der Waals surface area contributed by atoms with E-state index in [0.29, 0.717) is 0 Å². The first kappa shape index (κ1) is 27.6. The molecule has 164 valence electrons. The molecule has 0 aliphatic heterocycles. The largest absolute Gasteiger partial charge is 1.00 e. The van der Waals surface area contributed by atoms with Crippen LogP contribution in [0.4, 0.5) is 0 Å². The number of rotatable bonds is 16. The van der Waals surface area contributed by atoms with E-state index in [9.17, 15) is 8.42 Å². The van der Waals surface area contributed by atoms with Crippen LogP contribution in [0.3, 0.4) is 0 Å². The van der Waals surface area contributed by atoms with E-state index in [0.717, 1.165) is 30.0 Å². The fraction of sp³-hybridized carbons (Fsp3) is 0.600. The average molecular weight is 443 g/mol. The Morgan fingerprint density at radius 3 is 1.80 bits per heavy atom. The standard InChI is InChI=1S/C25H38O3S.Na.H/c1-2-3-4-5-6-7-8-9-10-11-12-13-16-22-28-29(26,27)25-21-17-19-23-18-14-15-20-24(23)25;;/h14-15,17-21H,2-13,16,22H2,1H3;;/q;+1;-1. The Bertz CT molecular complexity index is 806. The van der Waals surface area contributed by atoms with Gasteiger partial charge in [0, 0.05) is 5.39 Å². The van der Waals surface area contributed by atoms with Crippen molar-refractivity contribution in [2.24, 2.45) is 0 Å². The summed E-state index contributed by atoms with van der Waals surface area (Å²) in [6.45, 7) is 2.53. The van der Waals surface area contributed by atoms with Gasteiger partial charge in [0.1, 0.15) is 4.90 Å². The van der Waals surface area contributed by atoms with Crippen LogP contribution in [0.1, 0.15) is 91.8 Å². The molecule has 2 aromatic rings. The quantitative estimate of drug-likeness (QED) is 0.214. The van der Waals surface area contributed by atoms with Crippen LogP contribution < -0.4 is 29.6 Å². The maximum atomic E-state index is 12.5. The number of hydrogen-bond acceptors (Lipinski definition) is 3. The van der Waals surface area contributed by atoms with Crippen LogP contribution in [0.15, 0.2) is 47.4 Å². The molecule has 0 saturated heterocycles. The summed E-state index contributed by atoms with van der Waals surface area (Å²) in [5.41, 5.74) is 0. The van der Waals surface area contributed by atoms with Crippen molar-refractivity contribution in [2.45, 2.75) is 95.3 Å². The third kappa shape index (κ3) is 10.3. The molecule has 0 bridgehead atoms. The molecule has 0 unspecified atom stereocenters. The van der Waals surface area contributed by atoms with Crippen LogP contribution in [-0.2, 0) is 14.3 Å². The van der Waals surface area contributed by atoms with Crippen LogP contribution in [0.5, 0.6) is 0 Å². The van der Waals surface area contributed by atoms with Crippen LogP contribution in [-0.4, -0.2) is 15.0 Å². The van der Waals surface area contributed by atoms with Gasteiger partial charge in [0.05, 0.1) is 6.61 Å². The van der Waals surface area contributed by atoms with Crippen molar-refractivity contribution in [2.75, 3.05) is 6.61 Å². The van der Waals surface area contributed by atoms with E-state index in [4.69, 9.17) is 4.18 Å². The van der Waals surface area contributed by atoms with Crippen molar-refractivity contribution >= 4 is 20.9 Å². The Morgan fingerprint density at radius 1 is 0.700 bits per heavy atom. The van der Waals surface area contributed by atoms with Crippen molar-refractivity contribution in [3.8, 4) is 0 Å². The average Bonchev–Trinajstić information content (AvgIpc) is 2.73. The Labute approximate surface area is 207 Å². The summed E-state index contributed by atoms with van der Waals surface area (Å²) in [6, 6.07) is 12.8. The van der Waals surface area contributed by atoms with Gasteiger partial charge in [-0.15, -0.1) is 0 Å². The van der Waals surface area contributed by atoms with Crippen LogP contribution in [0, 0.1) is 0 Å². The first-order valence-corrected chi connectivity index (χ1v) is 12.9. The molecule has 0 N–H and O–H groups in total. The molecule has 2 aromatic carbocycles. The number of unbranched alkanes of at least 4 members (excludes halogenated alkanes) is 12. The fourth-order valence-corrected chi connectivity index (χ4v) is 4.93. The molecule has 0 fully saturated rings. The monoisotopic (exact) mass is 442 g/mol. The minimum Gasteiger partial charge on any atom is -1.00 e. The summed E-state index contributed by atoms with van der Waals surface area (Å²) < 4.78 is 30.4. The van der Waals surface area contributed by atoms with Crippen molar-refractivity contribution in [3.05, 3.63) is 42.5 Å². The molecule has 0 radical (unpaired) electrons. The summed E-state index contributed by atoms with van der Waals surface area (Å²) in [6.07, 6.45) is 16.5. The van der Waals surface area contributed by atoms with Gasteiger partial charge >= 0.3 is 29.6 Å². The maximum absolute atomic E-state index is 12.5. The molecule has 0 spiro atoms. The third-order valence-corrected chi connectivity index (χ3v) is 6.88. The number of fused-ring (bicyclic) bond motifs is 1. The van der Waals surface area contributed by atoms with E-state index < -0.39 is 10.1 Å². The first-order valence-electron chi connectivity index (χ1n) is 11.5. The molecule has 0 aromatic heterocycles. The van der Waals surface area contributed by atoms with E-state index >= 15 is 0 Å². The van der Waals surface area contributed by atoms with Gasteiger partial charge < -0.3 is 1.43 Å². The topological polar surface area (TPSA) is 43.4 Å². The zero-order valence-electron chi connectivity index (χ0n) is 20.1. The van der Waals surface area contributed by atoms with Crippen molar-refractivity contribution < 1.29 is 43.6 Å². The molecule has 0 saturated carbocycles. The molecule has 30 heavy (non-hydrogen) atoms. The van der Waals surface area contributed by atoms with E-state index in [1.54, 1.807) is 12.1 Å². The van der Waals surface area contributed by atoms with Gasteiger partial charge in [0.15, 0.2) is 0 Å². The summed E-state index contributed by atoms with van der Waals surface area (Å²) in [7, 11) is -3.70. The Hall–Kier alpha value is -0.390. The minimum absolute atomic E-state index is 0. The zero-order chi connectivity index (χ0) is 20.8. The predicted molar refractivity (Wildman–Crippen MR) is 124 cm³/mol. The van der Waals surface area contributed by atoms with E-state index in [2.05, 4.69) is 6.92 Å². The van der Waals surface area contributed by atoms with Crippen LogP contribution in [0.2, 0.25) is 0 Å². The fourth-order valence-electron chi connectivity index (χ4n) is 3.77. The Morgan fingerprint density at radius 2 is 1.20 bits per heavy atom. The van der Waals surface area contributed by atoms with Gasteiger partial charge in [-0.2, -0.15) is 8.42 Å². The summed E-state index contributed by atoms with van der Waals surface area (Å²) in [5, 5.41) is 1.64. The molecular weight excluding hydrogens is 403 g/mol. The number of benzene rings is 2. The molecule has 2 rings (SSSR count). The first-order chi connectivity index (χ1) is 14.1. The molecule has 0 heterocycles. The summed E-state index contributed by atoms with van der Waals surface area (Å²) in [4.78, 5) is 0.269. The second kappa shape index (κ2) is 16.3. The molecule has 5 heteroatoms. The second-order valence-corrected chi connectivity index (χ2v) is 9.58. The predicted octanol–water partition coefficient (Wildman–Crippen LogP) is 4.75. The second-order valence-electron chi connectivity index (χ2n) is 8.00. The van der Waals surface area contributed by atoms with Crippen molar-refractivity contribution in [1.29, 1.82) is 0 Å². The third-order valence-electron chi connectivity index (χ3n) is 5.51. The molecule has 0 atom stereocenters. The van der Waals surface area contributed by atoms with Gasteiger partial charge in [-0.3, -0.25) is 4.18 Å². The van der Waals surface area contributed by atoms with Crippen molar-refractivity contribution in [1.82, 2.24) is 0 Å². The summed E-state index contributed by atoms with van der Waals surface area (Å²) in [5.74, 6) is 0. The molecule has 0 aliphatic rings. The van der Waals surface area contributed by atoms with E-state index in [-0.39, 0.29) is 42.5 Å². The maximum Gasteiger partial charge on any atom is 1.00 e. The minimum atomic E-state index is -3.70. The molecule has 0 amide bonds. The Kier molecular flexibility index (Phi) is 15.0. The van der Waals surface area contributed by atoms with E-state index in [1.807, 2.05) is 30.3 Å². The smallest absolute Gasteiger partial charge is 1.00 e. The zero-order valence-corrected chi connectivity index (χ0v) is 21.9. The molecular formula is C25H39NaO3S. The summed E-state index contributed by atoms with van der Waals surface area (Å²) >= 11 is 0. The normalized spacial score (nSPS) is 11.5. The SMILES string of the molecule is CCCCCCCCCCCCCCCOS(=O)(=O)c1cccc2ccccc12.[H-].[Na+]. The van der Waals surface area contributed by atoms with Gasteiger partial charge in [-0.25, -0.2) is 0 Å². The van der Waals surface area contributed by atoms with Crippen LogP contribution in [0.25, 0.3) is 10.8 Å². The van der Waals surface area contributed by atoms with Gasteiger partial charge in [-0.05, 0) is 17.9 Å². The Balaban J connectivity index is 0.00000450. The van der Waals surface area contributed by atoms with Gasteiger partial charge in [0.2, 0.25) is 0 Å². The van der Waals surface area contributed by atoms with Gasteiger partial charge in [0.25, 0.3) is 10.1 Å². The van der Waals surface area contributed by atoms with Gasteiger partial charge in [-0.1, -0.05) is 120 Å². The molecule has 3 nitrogen and oxygen atoms in total. The molecule has 0 aliphatic carbocycles.